The molecule has 0 unspecified atom stereocenters. The fraction of sp³-hybridized carbons (Fsp3) is 0.400. The van der Waals surface area contributed by atoms with Gasteiger partial charge in [-0.1, -0.05) is 27.3 Å². The van der Waals surface area contributed by atoms with Gasteiger partial charge < -0.3 is 9.47 Å². The average Bonchev–Trinajstić information content (AvgIpc) is 3.17. The molecule has 0 aliphatic carbocycles. The van der Waals surface area contributed by atoms with Gasteiger partial charge in [0, 0.05) is 17.6 Å². The Balaban J connectivity index is 1.44. The molecule has 2 aromatic heterocycles. The monoisotopic (exact) mass is 409 g/mol. The van der Waals surface area contributed by atoms with Crippen LogP contribution < -0.4 is 4.74 Å². The molecule has 0 atom stereocenters. The molecule has 0 N–H and O–H groups in total. The molecule has 24 heavy (non-hydrogen) atoms. The van der Waals surface area contributed by atoms with E-state index in [-0.39, 0.29) is 0 Å². The zero-order valence-corrected chi connectivity index (χ0v) is 15.3. The summed E-state index contributed by atoms with van der Waals surface area (Å²) in [5.41, 5.74) is 0. The van der Waals surface area contributed by atoms with Crippen molar-refractivity contribution >= 4 is 32.2 Å². The van der Waals surface area contributed by atoms with Gasteiger partial charge in [0.25, 0.3) is 0 Å². The Morgan fingerprint density at radius 1 is 1.17 bits per heavy atom. The lowest BCUT2D eigenvalue weighted by Gasteiger charge is -2.25. The Morgan fingerprint density at radius 2 is 1.96 bits per heavy atom. The zero-order valence-electron chi connectivity index (χ0n) is 12.9. The van der Waals surface area contributed by atoms with Crippen LogP contribution in [-0.2, 0) is 17.9 Å². The second-order valence-corrected chi connectivity index (χ2v) is 7.39. The van der Waals surface area contributed by atoms with Crippen LogP contribution in [0, 0.1) is 0 Å². The van der Waals surface area contributed by atoms with Gasteiger partial charge in [-0.05, 0) is 24.3 Å². The number of rotatable bonds is 5. The van der Waals surface area contributed by atoms with Crippen molar-refractivity contribution in [1.82, 2.24) is 24.7 Å². The van der Waals surface area contributed by atoms with E-state index in [0.717, 1.165) is 58.9 Å². The molecule has 0 saturated carbocycles. The van der Waals surface area contributed by atoms with Gasteiger partial charge in [0.2, 0.25) is 4.96 Å². The summed E-state index contributed by atoms with van der Waals surface area (Å²) in [6.07, 6.45) is 0. The predicted octanol–water partition coefficient (Wildman–Crippen LogP) is 2.36. The summed E-state index contributed by atoms with van der Waals surface area (Å²) in [6, 6.07) is 7.76. The van der Waals surface area contributed by atoms with Crippen LogP contribution in [0.4, 0.5) is 0 Å². The van der Waals surface area contributed by atoms with Gasteiger partial charge in [0.05, 0.1) is 19.8 Å². The van der Waals surface area contributed by atoms with Crippen molar-refractivity contribution in [3.8, 4) is 5.75 Å². The average molecular weight is 410 g/mol. The highest BCUT2D eigenvalue weighted by Crippen LogP contribution is 2.20. The molecule has 4 rings (SSSR count). The number of benzene rings is 1. The van der Waals surface area contributed by atoms with Gasteiger partial charge in [-0.15, -0.1) is 10.2 Å². The van der Waals surface area contributed by atoms with E-state index < -0.39 is 0 Å². The third-order valence-electron chi connectivity index (χ3n) is 3.74. The number of morpholine rings is 1. The Kier molecular flexibility index (Phi) is 4.74. The quantitative estimate of drug-likeness (QED) is 0.644. The maximum atomic E-state index is 5.77. The number of hydrogen-bond donors (Lipinski definition) is 0. The molecular formula is C15H16BrN5O2S. The van der Waals surface area contributed by atoms with Crippen molar-refractivity contribution in [2.75, 3.05) is 26.3 Å². The first-order chi connectivity index (χ1) is 11.8. The topological polar surface area (TPSA) is 64.8 Å². The molecule has 1 aromatic carbocycles. The number of halogens is 1. The van der Waals surface area contributed by atoms with Crippen LogP contribution in [0.5, 0.6) is 5.75 Å². The number of ether oxygens (including phenoxy) is 2. The van der Waals surface area contributed by atoms with E-state index in [4.69, 9.17) is 9.47 Å². The van der Waals surface area contributed by atoms with Gasteiger partial charge in [-0.2, -0.15) is 9.61 Å². The van der Waals surface area contributed by atoms with E-state index >= 15 is 0 Å². The molecular weight excluding hydrogens is 394 g/mol. The fourth-order valence-electron chi connectivity index (χ4n) is 2.49. The molecule has 1 aliphatic rings. The molecule has 1 saturated heterocycles. The van der Waals surface area contributed by atoms with Crippen LogP contribution in [0.15, 0.2) is 28.7 Å². The highest BCUT2D eigenvalue weighted by atomic mass is 79.9. The van der Waals surface area contributed by atoms with Crippen molar-refractivity contribution in [1.29, 1.82) is 0 Å². The third kappa shape index (κ3) is 3.59. The standard InChI is InChI=1S/C15H16BrN5O2S/c16-11-1-3-12(4-2-11)23-10-14-19-21-13(17-18-15(21)24-14)9-20-5-7-22-8-6-20/h1-4H,5-10H2. The number of hydrogen-bond acceptors (Lipinski definition) is 7. The van der Waals surface area contributed by atoms with Crippen LogP contribution in [0.25, 0.3) is 4.96 Å². The van der Waals surface area contributed by atoms with Gasteiger partial charge in [-0.25, -0.2) is 0 Å². The summed E-state index contributed by atoms with van der Waals surface area (Å²) in [6.45, 7) is 4.53. The summed E-state index contributed by atoms with van der Waals surface area (Å²) in [5, 5.41) is 13.9. The van der Waals surface area contributed by atoms with Crippen molar-refractivity contribution < 1.29 is 9.47 Å². The van der Waals surface area contributed by atoms with E-state index in [1.165, 1.54) is 11.3 Å². The summed E-state index contributed by atoms with van der Waals surface area (Å²) < 4.78 is 14.0. The Morgan fingerprint density at radius 3 is 2.75 bits per heavy atom. The molecule has 3 heterocycles. The minimum atomic E-state index is 0.423. The summed E-state index contributed by atoms with van der Waals surface area (Å²) in [4.78, 5) is 3.10. The highest BCUT2D eigenvalue weighted by molar-refractivity contribution is 9.10. The van der Waals surface area contributed by atoms with Gasteiger partial charge in [0.1, 0.15) is 12.4 Å². The van der Waals surface area contributed by atoms with E-state index in [9.17, 15) is 0 Å². The van der Waals surface area contributed by atoms with Gasteiger partial charge in [-0.3, -0.25) is 4.90 Å². The van der Waals surface area contributed by atoms with Crippen LogP contribution in [-0.4, -0.2) is 51.0 Å². The largest absolute Gasteiger partial charge is 0.486 e. The molecule has 7 nitrogen and oxygen atoms in total. The smallest absolute Gasteiger partial charge is 0.234 e. The molecule has 1 aliphatic heterocycles. The zero-order chi connectivity index (χ0) is 16.4. The third-order valence-corrected chi connectivity index (χ3v) is 5.14. The van der Waals surface area contributed by atoms with Crippen molar-refractivity contribution in [2.24, 2.45) is 0 Å². The lowest BCUT2D eigenvalue weighted by atomic mass is 10.3. The second-order valence-electron chi connectivity index (χ2n) is 5.44. The molecule has 3 aromatic rings. The number of aromatic nitrogens is 4. The normalized spacial score (nSPS) is 15.9. The summed E-state index contributed by atoms with van der Waals surface area (Å²) in [7, 11) is 0. The first-order valence-electron chi connectivity index (χ1n) is 7.66. The predicted molar refractivity (Wildman–Crippen MR) is 93.2 cm³/mol. The van der Waals surface area contributed by atoms with Crippen LogP contribution in [0.2, 0.25) is 0 Å². The van der Waals surface area contributed by atoms with Crippen LogP contribution in [0.1, 0.15) is 10.8 Å². The SMILES string of the molecule is Brc1ccc(OCc2nn3c(CN4CCOCC4)nnc3s2)cc1. The van der Waals surface area contributed by atoms with Gasteiger partial charge >= 0.3 is 0 Å². The molecule has 0 amide bonds. The van der Waals surface area contributed by atoms with Crippen molar-refractivity contribution in [3.63, 3.8) is 0 Å². The number of fused-ring (bicyclic) bond motifs is 1. The second kappa shape index (κ2) is 7.14. The van der Waals surface area contributed by atoms with Crippen molar-refractivity contribution in [3.05, 3.63) is 39.6 Å². The fourth-order valence-corrected chi connectivity index (χ4v) is 3.52. The molecule has 0 radical (unpaired) electrons. The van der Waals surface area contributed by atoms with E-state index in [1.54, 1.807) is 0 Å². The highest BCUT2D eigenvalue weighted by Gasteiger charge is 2.17. The van der Waals surface area contributed by atoms with Crippen LogP contribution in [0.3, 0.4) is 0 Å². The molecule has 126 valence electrons. The van der Waals surface area contributed by atoms with E-state index in [0.29, 0.717) is 6.61 Å². The summed E-state index contributed by atoms with van der Waals surface area (Å²) in [5.74, 6) is 1.68. The minimum Gasteiger partial charge on any atom is -0.486 e. The van der Waals surface area contributed by atoms with Crippen LogP contribution >= 0.6 is 27.3 Å². The van der Waals surface area contributed by atoms with Gasteiger partial charge in [0.15, 0.2) is 10.8 Å². The minimum absolute atomic E-state index is 0.423. The Bertz CT molecular complexity index is 813. The maximum absolute atomic E-state index is 5.77. The Labute approximate surface area is 151 Å². The number of nitrogens with zero attached hydrogens (tertiary/aromatic N) is 5. The molecule has 9 heteroatoms. The Hall–Kier alpha value is -1.55. The molecule has 1 fully saturated rings. The van der Waals surface area contributed by atoms with E-state index in [1.807, 2.05) is 28.8 Å². The lowest BCUT2D eigenvalue weighted by Crippen LogP contribution is -2.36. The van der Waals surface area contributed by atoms with E-state index in [2.05, 4.69) is 36.1 Å². The summed E-state index contributed by atoms with van der Waals surface area (Å²) >= 11 is 4.92. The van der Waals surface area contributed by atoms with Crippen molar-refractivity contribution in [2.45, 2.75) is 13.2 Å². The first-order valence-corrected chi connectivity index (χ1v) is 9.27. The first kappa shape index (κ1) is 15.9. The lowest BCUT2D eigenvalue weighted by molar-refractivity contribution is 0.0328. The molecule has 0 bridgehead atoms. The molecule has 0 spiro atoms. The maximum Gasteiger partial charge on any atom is 0.234 e.